The molecule has 0 aliphatic rings. The third-order valence-corrected chi connectivity index (χ3v) is 6.21. The molecule has 9 heteroatoms. The Morgan fingerprint density at radius 2 is 1.88 bits per heavy atom. The first-order valence-electron chi connectivity index (χ1n) is 7.90. The van der Waals surface area contributed by atoms with Gasteiger partial charge in [0.25, 0.3) is 10.0 Å². The number of carbonyl (C=O) groups is 1. The topological polar surface area (TPSA) is 81.7 Å². The van der Waals surface area contributed by atoms with Crippen molar-refractivity contribution in [2.45, 2.75) is 24.1 Å². The highest BCUT2D eigenvalue weighted by molar-refractivity contribution is 7.91. The minimum Gasteiger partial charge on any atom is -0.490 e. The molecule has 0 amide bonds. The lowest BCUT2D eigenvalue weighted by atomic mass is 10.1. The van der Waals surface area contributed by atoms with E-state index in [2.05, 4.69) is 4.72 Å². The summed E-state index contributed by atoms with van der Waals surface area (Å²) < 4.78 is 50.3. The SMILES string of the molecule is CC(C)[C@H](NS(=O)(=O)c1cccs1)C(=O)OCCOc1ccc(F)cc1. The quantitative estimate of drug-likeness (QED) is 0.516. The molecule has 0 unspecified atom stereocenters. The van der Waals surface area contributed by atoms with E-state index in [0.717, 1.165) is 11.3 Å². The van der Waals surface area contributed by atoms with Crippen LogP contribution in [0.3, 0.4) is 0 Å². The number of hydrogen-bond acceptors (Lipinski definition) is 6. The van der Waals surface area contributed by atoms with E-state index in [0.29, 0.717) is 5.75 Å². The van der Waals surface area contributed by atoms with Crippen LogP contribution < -0.4 is 9.46 Å². The summed E-state index contributed by atoms with van der Waals surface area (Å²) in [7, 11) is -3.78. The largest absolute Gasteiger partial charge is 0.490 e. The lowest BCUT2D eigenvalue weighted by Crippen LogP contribution is -2.45. The fraction of sp³-hybridized carbons (Fsp3) is 0.353. The summed E-state index contributed by atoms with van der Waals surface area (Å²) in [5.74, 6) is -0.902. The van der Waals surface area contributed by atoms with Crippen molar-refractivity contribution in [2.24, 2.45) is 5.92 Å². The van der Waals surface area contributed by atoms with Gasteiger partial charge in [-0.25, -0.2) is 12.8 Å². The molecule has 1 N–H and O–H groups in total. The molecule has 1 aromatic carbocycles. The van der Waals surface area contributed by atoms with E-state index >= 15 is 0 Å². The van der Waals surface area contributed by atoms with Crippen molar-refractivity contribution in [1.29, 1.82) is 0 Å². The van der Waals surface area contributed by atoms with Gasteiger partial charge in [-0.2, -0.15) is 4.72 Å². The second-order valence-electron chi connectivity index (χ2n) is 5.74. The minimum atomic E-state index is -3.78. The highest BCUT2D eigenvalue weighted by atomic mass is 32.2. The van der Waals surface area contributed by atoms with Gasteiger partial charge in [0.15, 0.2) is 0 Å². The van der Waals surface area contributed by atoms with Crippen LogP contribution in [0.5, 0.6) is 5.75 Å². The van der Waals surface area contributed by atoms with Gasteiger partial charge in [0, 0.05) is 0 Å². The van der Waals surface area contributed by atoms with E-state index in [1.807, 2.05) is 0 Å². The number of hydrogen-bond donors (Lipinski definition) is 1. The van der Waals surface area contributed by atoms with E-state index in [1.165, 1.54) is 30.3 Å². The molecule has 1 heterocycles. The summed E-state index contributed by atoms with van der Waals surface area (Å²) in [5, 5.41) is 1.64. The van der Waals surface area contributed by atoms with Gasteiger partial charge in [-0.05, 0) is 41.6 Å². The molecule has 26 heavy (non-hydrogen) atoms. The molecule has 0 fully saturated rings. The lowest BCUT2D eigenvalue weighted by molar-refractivity contribution is -0.147. The average molecular weight is 401 g/mol. The normalized spacial score (nSPS) is 12.8. The van der Waals surface area contributed by atoms with Gasteiger partial charge < -0.3 is 9.47 Å². The molecule has 142 valence electrons. The number of carbonyl (C=O) groups excluding carboxylic acids is 1. The Morgan fingerprint density at radius 1 is 1.19 bits per heavy atom. The number of ether oxygens (including phenoxy) is 2. The molecule has 0 radical (unpaired) electrons. The number of halogens is 1. The first-order chi connectivity index (χ1) is 12.3. The van der Waals surface area contributed by atoms with Crippen LogP contribution in [0.4, 0.5) is 4.39 Å². The number of thiophene rings is 1. The van der Waals surface area contributed by atoms with E-state index < -0.39 is 22.0 Å². The first kappa shape index (κ1) is 20.3. The molecule has 0 aliphatic heterocycles. The third-order valence-electron chi connectivity index (χ3n) is 3.37. The predicted octanol–water partition coefficient (Wildman–Crippen LogP) is 2.81. The highest BCUT2D eigenvalue weighted by Crippen LogP contribution is 2.17. The Labute approximate surface area is 156 Å². The first-order valence-corrected chi connectivity index (χ1v) is 10.3. The van der Waals surface area contributed by atoms with Gasteiger partial charge in [0.2, 0.25) is 0 Å². The number of nitrogens with one attached hydrogen (secondary N) is 1. The van der Waals surface area contributed by atoms with Crippen LogP contribution in [0.1, 0.15) is 13.8 Å². The molecule has 0 bridgehead atoms. The predicted molar refractivity (Wildman–Crippen MR) is 96.1 cm³/mol. The number of benzene rings is 1. The van der Waals surface area contributed by atoms with Crippen LogP contribution in [0.15, 0.2) is 46.0 Å². The van der Waals surface area contributed by atoms with Crippen LogP contribution in [-0.4, -0.2) is 33.6 Å². The molecule has 1 aromatic heterocycles. The van der Waals surface area contributed by atoms with Crippen LogP contribution in [0, 0.1) is 11.7 Å². The standard InChI is InChI=1S/C17H20FNO5S2/c1-12(2)16(19-26(21,22)15-4-3-11-25-15)17(20)24-10-9-23-14-7-5-13(18)6-8-14/h3-8,11-12,16,19H,9-10H2,1-2H3/t16-/m0/s1. The molecule has 1 atom stereocenters. The van der Waals surface area contributed by atoms with Crippen molar-refractivity contribution in [3.8, 4) is 5.75 Å². The zero-order chi connectivity index (χ0) is 19.2. The summed E-state index contributed by atoms with van der Waals surface area (Å²) in [6.45, 7) is 3.45. The smallest absolute Gasteiger partial charge is 0.324 e. The molecular formula is C17H20FNO5S2. The zero-order valence-electron chi connectivity index (χ0n) is 14.3. The second kappa shape index (κ2) is 9.11. The molecule has 0 saturated heterocycles. The maximum Gasteiger partial charge on any atom is 0.324 e. The Balaban J connectivity index is 1.87. The molecule has 0 saturated carbocycles. The van der Waals surface area contributed by atoms with Crippen molar-refractivity contribution in [1.82, 2.24) is 4.72 Å². The van der Waals surface area contributed by atoms with Crippen molar-refractivity contribution in [3.63, 3.8) is 0 Å². The molecular weight excluding hydrogens is 381 g/mol. The van der Waals surface area contributed by atoms with E-state index in [4.69, 9.17) is 9.47 Å². The van der Waals surface area contributed by atoms with Gasteiger partial charge >= 0.3 is 5.97 Å². The van der Waals surface area contributed by atoms with Crippen LogP contribution in [0.25, 0.3) is 0 Å². The summed E-state index contributed by atoms with van der Waals surface area (Å²) in [5.41, 5.74) is 0. The van der Waals surface area contributed by atoms with Crippen molar-refractivity contribution >= 4 is 27.3 Å². The van der Waals surface area contributed by atoms with E-state index in [-0.39, 0.29) is 29.2 Å². The van der Waals surface area contributed by atoms with E-state index in [9.17, 15) is 17.6 Å². The Kier molecular flexibility index (Phi) is 7.13. The zero-order valence-corrected chi connectivity index (χ0v) is 16.0. The second-order valence-corrected chi connectivity index (χ2v) is 8.63. The molecule has 2 aromatic rings. The summed E-state index contributed by atoms with van der Waals surface area (Å²) in [6, 6.07) is 7.52. The minimum absolute atomic E-state index is 0.0554. The van der Waals surface area contributed by atoms with Gasteiger partial charge in [-0.15, -0.1) is 11.3 Å². The van der Waals surface area contributed by atoms with E-state index in [1.54, 1.807) is 25.3 Å². The lowest BCUT2D eigenvalue weighted by Gasteiger charge is -2.20. The fourth-order valence-electron chi connectivity index (χ4n) is 2.02. The monoisotopic (exact) mass is 401 g/mol. The molecule has 0 spiro atoms. The van der Waals surface area contributed by atoms with Crippen molar-refractivity contribution in [2.75, 3.05) is 13.2 Å². The molecule has 0 aliphatic carbocycles. The fourth-order valence-corrected chi connectivity index (χ4v) is 4.36. The number of rotatable bonds is 9. The molecule has 6 nitrogen and oxygen atoms in total. The van der Waals surface area contributed by atoms with Crippen LogP contribution >= 0.6 is 11.3 Å². The summed E-state index contributed by atoms with van der Waals surface area (Å²) in [6.07, 6.45) is 0. The maximum atomic E-state index is 12.8. The van der Waals surface area contributed by atoms with Crippen LogP contribution in [-0.2, 0) is 19.6 Å². The van der Waals surface area contributed by atoms with Gasteiger partial charge in [0.1, 0.15) is 35.0 Å². The highest BCUT2D eigenvalue weighted by Gasteiger charge is 2.30. The summed E-state index contributed by atoms with van der Waals surface area (Å²) in [4.78, 5) is 12.2. The van der Waals surface area contributed by atoms with Gasteiger partial charge in [-0.3, -0.25) is 4.79 Å². The molecule has 2 rings (SSSR count). The third kappa shape index (κ3) is 5.79. The Bertz CT molecular complexity index is 804. The van der Waals surface area contributed by atoms with Crippen molar-refractivity contribution < 1.29 is 27.1 Å². The van der Waals surface area contributed by atoms with Crippen LogP contribution in [0.2, 0.25) is 0 Å². The van der Waals surface area contributed by atoms with Gasteiger partial charge in [-0.1, -0.05) is 19.9 Å². The average Bonchev–Trinajstić information content (AvgIpc) is 3.13. The maximum absolute atomic E-state index is 12.8. The van der Waals surface area contributed by atoms with Crippen molar-refractivity contribution in [3.05, 3.63) is 47.6 Å². The Hall–Kier alpha value is -1.97. The number of esters is 1. The summed E-state index contributed by atoms with van der Waals surface area (Å²) >= 11 is 1.07. The number of sulfonamides is 1. The Morgan fingerprint density at radius 3 is 2.46 bits per heavy atom. The van der Waals surface area contributed by atoms with Gasteiger partial charge in [0.05, 0.1) is 0 Å².